The third-order valence-electron chi connectivity index (χ3n) is 4.67. The highest BCUT2D eigenvalue weighted by molar-refractivity contribution is 6.03. The minimum absolute atomic E-state index is 0.0804. The lowest BCUT2D eigenvalue weighted by atomic mass is 10.0. The standard InChI is InChI=1S/C24H21N3O3/c1-29-21-13-9-19(10-14-21)16-22-26-27-24(30-22)25-23(28)20-11-7-18(8-12-20)15-17-5-3-2-4-6-17/h2-14H,15-16H2,1H3,(H,25,27,28). The Morgan fingerprint density at radius 3 is 2.17 bits per heavy atom. The van der Waals surface area contributed by atoms with Gasteiger partial charge < -0.3 is 9.15 Å². The van der Waals surface area contributed by atoms with Crippen molar-refractivity contribution in [3.63, 3.8) is 0 Å². The molecular weight excluding hydrogens is 378 g/mol. The molecule has 1 heterocycles. The van der Waals surface area contributed by atoms with Crippen LogP contribution in [0.3, 0.4) is 0 Å². The molecule has 1 aromatic heterocycles. The minimum atomic E-state index is -0.291. The van der Waals surface area contributed by atoms with E-state index in [0.29, 0.717) is 17.9 Å². The Morgan fingerprint density at radius 1 is 0.833 bits per heavy atom. The number of hydrogen-bond donors (Lipinski definition) is 1. The second-order valence-electron chi connectivity index (χ2n) is 6.84. The van der Waals surface area contributed by atoms with Crippen LogP contribution in [0.4, 0.5) is 6.01 Å². The first-order valence-electron chi connectivity index (χ1n) is 9.59. The summed E-state index contributed by atoms with van der Waals surface area (Å²) in [5.41, 5.74) is 3.90. The van der Waals surface area contributed by atoms with Crippen LogP contribution in [0.15, 0.2) is 83.3 Å². The van der Waals surface area contributed by atoms with Gasteiger partial charge in [0.05, 0.1) is 13.5 Å². The number of rotatable bonds is 7. The monoisotopic (exact) mass is 399 g/mol. The molecule has 0 bridgehead atoms. The van der Waals surface area contributed by atoms with E-state index in [1.807, 2.05) is 54.6 Å². The van der Waals surface area contributed by atoms with E-state index in [-0.39, 0.29) is 11.9 Å². The summed E-state index contributed by atoms with van der Waals surface area (Å²) in [6.45, 7) is 0. The zero-order valence-corrected chi connectivity index (χ0v) is 16.5. The number of methoxy groups -OCH3 is 1. The molecular formula is C24H21N3O3. The van der Waals surface area contributed by atoms with Gasteiger partial charge in [-0.15, -0.1) is 5.10 Å². The van der Waals surface area contributed by atoms with E-state index in [4.69, 9.17) is 9.15 Å². The van der Waals surface area contributed by atoms with Crippen LogP contribution >= 0.6 is 0 Å². The van der Waals surface area contributed by atoms with Gasteiger partial charge in [0.15, 0.2) is 0 Å². The van der Waals surface area contributed by atoms with Gasteiger partial charge in [0, 0.05) is 5.56 Å². The van der Waals surface area contributed by atoms with E-state index >= 15 is 0 Å². The molecule has 0 saturated carbocycles. The Balaban J connectivity index is 1.35. The lowest BCUT2D eigenvalue weighted by molar-refractivity contribution is 0.102. The Labute approximate surface area is 174 Å². The number of amides is 1. The summed E-state index contributed by atoms with van der Waals surface area (Å²) in [7, 11) is 1.62. The molecule has 30 heavy (non-hydrogen) atoms. The van der Waals surface area contributed by atoms with Gasteiger partial charge in [-0.25, -0.2) is 0 Å². The van der Waals surface area contributed by atoms with E-state index in [0.717, 1.165) is 23.3 Å². The molecule has 0 fully saturated rings. The third-order valence-corrected chi connectivity index (χ3v) is 4.67. The number of nitrogens with zero attached hydrogens (tertiary/aromatic N) is 2. The molecule has 0 aliphatic heterocycles. The normalized spacial score (nSPS) is 10.6. The number of carbonyl (C=O) groups excluding carboxylic acids is 1. The number of nitrogens with one attached hydrogen (secondary N) is 1. The maximum Gasteiger partial charge on any atom is 0.322 e. The molecule has 0 radical (unpaired) electrons. The molecule has 0 unspecified atom stereocenters. The fourth-order valence-corrected chi connectivity index (χ4v) is 3.07. The Hall–Kier alpha value is -3.93. The van der Waals surface area contributed by atoms with Gasteiger partial charge in [-0.2, -0.15) is 0 Å². The molecule has 0 aliphatic carbocycles. The van der Waals surface area contributed by atoms with Gasteiger partial charge in [-0.3, -0.25) is 10.1 Å². The molecule has 4 rings (SSSR count). The van der Waals surface area contributed by atoms with Crippen molar-refractivity contribution in [3.8, 4) is 5.75 Å². The highest BCUT2D eigenvalue weighted by atomic mass is 16.5. The maximum absolute atomic E-state index is 12.5. The van der Waals surface area contributed by atoms with Crippen molar-refractivity contribution >= 4 is 11.9 Å². The average molecular weight is 399 g/mol. The summed E-state index contributed by atoms with van der Waals surface area (Å²) >= 11 is 0. The van der Waals surface area contributed by atoms with Crippen LogP contribution in [0, 0.1) is 0 Å². The molecule has 6 heteroatoms. The highest BCUT2D eigenvalue weighted by Crippen LogP contribution is 2.16. The number of anilines is 1. The van der Waals surface area contributed by atoms with E-state index in [1.54, 1.807) is 19.2 Å². The third kappa shape index (κ3) is 4.91. The van der Waals surface area contributed by atoms with Gasteiger partial charge in [0.1, 0.15) is 5.75 Å². The first kappa shape index (κ1) is 19.4. The zero-order valence-electron chi connectivity index (χ0n) is 16.5. The molecule has 3 aromatic carbocycles. The molecule has 0 saturated heterocycles. The minimum Gasteiger partial charge on any atom is -0.497 e. The molecule has 6 nitrogen and oxygen atoms in total. The van der Waals surface area contributed by atoms with E-state index in [2.05, 4.69) is 27.6 Å². The van der Waals surface area contributed by atoms with Gasteiger partial charge in [-0.05, 0) is 47.4 Å². The lowest BCUT2D eigenvalue weighted by Gasteiger charge is -2.04. The van der Waals surface area contributed by atoms with Crippen LogP contribution in [0.1, 0.15) is 32.9 Å². The maximum atomic E-state index is 12.5. The lowest BCUT2D eigenvalue weighted by Crippen LogP contribution is -2.12. The van der Waals surface area contributed by atoms with Crippen molar-refractivity contribution in [2.24, 2.45) is 0 Å². The fourth-order valence-electron chi connectivity index (χ4n) is 3.07. The quantitative estimate of drug-likeness (QED) is 0.495. The molecule has 1 N–H and O–H groups in total. The summed E-state index contributed by atoms with van der Waals surface area (Å²) in [5, 5.41) is 10.6. The van der Waals surface area contributed by atoms with Crippen molar-refractivity contribution in [2.45, 2.75) is 12.8 Å². The van der Waals surface area contributed by atoms with Crippen LogP contribution in [0.2, 0.25) is 0 Å². The SMILES string of the molecule is COc1ccc(Cc2nnc(NC(=O)c3ccc(Cc4ccccc4)cc3)o2)cc1. The van der Waals surface area contributed by atoms with Crippen molar-refractivity contribution in [2.75, 3.05) is 12.4 Å². The molecule has 4 aromatic rings. The summed E-state index contributed by atoms with van der Waals surface area (Å²) in [5.74, 6) is 0.918. The zero-order chi connectivity index (χ0) is 20.8. The predicted octanol–water partition coefficient (Wildman–Crippen LogP) is 4.51. The smallest absolute Gasteiger partial charge is 0.322 e. The predicted molar refractivity (Wildman–Crippen MR) is 114 cm³/mol. The Bertz CT molecular complexity index is 1100. The van der Waals surface area contributed by atoms with Gasteiger partial charge in [0.25, 0.3) is 5.91 Å². The second kappa shape index (κ2) is 9.05. The second-order valence-corrected chi connectivity index (χ2v) is 6.84. The number of benzene rings is 3. The topological polar surface area (TPSA) is 77.3 Å². The molecule has 1 amide bonds. The van der Waals surface area contributed by atoms with E-state index in [9.17, 15) is 4.79 Å². The largest absolute Gasteiger partial charge is 0.497 e. The molecule has 0 spiro atoms. The van der Waals surface area contributed by atoms with E-state index < -0.39 is 0 Å². The van der Waals surface area contributed by atoms with Crippen molar-refractivity contribution in [1.29, 1.82) is 0 Å². The van der Waals surface area contributed by atoms with Crippen LogP contribution < -0.4 is 10.1 Å². The van der Waals surface area contributed by atoms with Crippen molar-refractivity contribution in [1.82, 2.24) is 10.2 Å². The number of hydrogen-bond acceptors (Lipinski definition) is 5. The van der Waals surface area contributed by atoms with Gasteiger partial charge in [-0.1, -0.05) is 59.7 Å². The number of carbonyl (C=O) groups is 1. The highest BCUT2D eigenvalue weighted by Gasteiger charge is 2.12. The van der Waals surface area contributed by atoms with Gasteiger partial charge >= 0.3 is 6.01 Å². The van der Waals surface area contributed by atoms with Crippen molar-refractivity contribution < 1.29 is 13.9 Å². The summed E-state index contributed by atoms with van der Waals surface area (Å²) in [4.78, 5) is 12.5. The average Bonchev–Trinajstić information content (AvgIpc) is 3.22. The first-order valence-corrected chi connectivity index (χ1v) is 9.59. The Morgan fingerprint density at radius 2 is 1.47 bits per heavy atom. The van der Waals surface area contributed by atoms with Crippen LogP contribution in [-0.2, 0) is 12.8 Å². The molecule has 0 atom stereocenters. The Kier molecular flexibility index (Phi) is 5.85. The molecule has 0 aliphatic rings. The van der Waals surface area contributed by atoms with Gasteiger partial charge in [0.2, 0.25) is 5.89 Å². The molecule has 150 valence electrons. The van der Waals surface area contributed by atoms with Crippen LogP contribution in [-0.4, -0.2) is 23.2 Å². The van der Waals surface area contributed by atoms with Crippen molar-refractivity contribution in [3.05, 3.63) is 107 Å². The summed E-state index contributed by atoms with van der Waals surface area (Å²) < 4.78 is 10.7. The van der Waals surface area contributed by atoms with Crippen LogP contribution in [0.25, 0.3) is 0 Å². The van der Waals surface area contributed by atoms with E-state index in [1.165, 1.54) is 5.56 Å². The van der Waals surface area contributed by atoms with Crippen LogP contribution in [0.5, 0.6) is 5.75 Å². The number of ether oxygens (including phenoxy) is 1. The summed E-state index contributed by atoms with van der Waals surface area (Å²) in [6, 6.07) is 25.4. The fraction of sp³-hybridized carbons (Fsp3) is 0.125. The first-order chi connectivity index (χ1) is 14.7. The summed E-state index contributed by atoms with van der Waals surface area (Å²) in [6.07, 6.45) is 1.29. The number of aromatic nitrogens is 2.